The van der Waals surface area contributed by atoms with Crippen molar-refractivity contribution in [2.75, 3.05) is 6.61 Å². The molecule has 1 saturated carbocycles. The van der Waals surface area contributed by atoms with Crippen LogP contribution in [0.4, 0.5) is 13.2 Å². The molecule has 2 heterocycles. The van der Waals surface area contributed by atoms with Crippen LogP contribution in [0.2, 0.25) is 0 Å². The molecule has 0 unspecified atom stereocenters. The van der Waals surface area contributed by atoms with Crippen LogP contribution in [0.1, 0.15) is 36.6 Å². The zero-order valence-electron chi connectivity index (χ0n) is 15.7. The molecule has 0 radical (unpaired) electrons. The monoisotopic (exact) mass is 403 g/mol. The molecule has 1 aliphatic rings. The van der Waals surface area contributed by atoms with Crippen molar-refractivity contribution in [2.45, 2.75) is 31.5 Å². The quantitative estimate of drug-likeness (QED) is 0.638. The summed E-state index contributed by atoms with van der Waals surface area (Å²) in [4.78, 5) is 19.8. The minimum atomic E-state index is -4.41. The normalized spacial score (nSPS) is 19.7. The average molecular weight is 403 g/mol. The van der Waals surface area contributed by atoms with E-state index in [2.05, 4.69) is 26.1 Å². The minimum Gasteiger partial charge on any atom is -0.468 e. The Kier molecular flexibility index (Phi) is 4.94. The summed E-state index contributed by atoms with van der Waals surface area (Å²) in [5, 5.41) is 4.08. The van der Waals surface area contributed by atoms with Crippen LogP contribution in [0, 0.1) is 5.92 Å². The number of carbonyl (C=O) groups excluding carboxylic acids is 1. The van der Waals surface area contributed by atoms with Crippen LogP contribution in [0.5, 0.6) is 5.88 Å². The Bertz CT molecular complexity index is 981. The summed E-state index contributed by atoms with van der Waals surface area (Å²) in [5.74, 6) is -0.0667. The molecule has 3 atom stereocenters. The number of ether oxygens (including phenoxy) is 1. The molecule has 1 aliphatic carbocycles. The summed E-state index contributed by atoms with van der Waals surface area (Å²) < 4.78 is 41.2. The summed E-state index contributed by atoms with van der Waals surface area (Å²) in [6.07, 6.45) is -2.21. The first-order valence-corrected chi connectivity index (χ1v) is 9.34. The SMILES string of the molecule is C[C@@H](NC(=O)[C@H]1C[C@@H]1c1cc2ccccc2[nH]1)c1ccc(OCC(F)(F)F)nc1. The van der Waals surface area contributed by atoms with Crippen LogP contribution >= 0.6 is 0 Å². The molecule has 1 aromatic carbocycles. The number of hydrogen-bond acceptors (Lipinski definition) is 3. The van der Waals surface area contributed by atoms with Crippen LogP contribution in [-0.2, 0) is 4.79 Å². The molecule has 8 heteroatoms. The van der Waals surface area contributed by atoms with Gasteiger partial charge in [-0.25, -0.2) is 4.98 Å². The Hall–Kier alpha value is -3.03. The van der Waals surface area contributed by atoms with E-state index in [1.807, 2.05) is 31.2 Å². The number of aromatic amines is 1. The number of para-hydroxylation sites is 1. The molecule has 5 nitrogen and oxygen atoms in total. The van der Waals surface area contributed by atoms with Gasteiger partial charge in [0.15, 0.2) is 6.61 Å². The van der Waals surface area contributed by atoms with E-state index in [0.717, 1.165) is 23.0 Å². The molecular weight excluding hydrogens is 383 g/mol. The molecule has 2 aromatic heterocycles. The number of halogens is 3. The fourth-order valence-electron chi connectivity index (χ4n) is 3.42. The van der Waals surface area contributed by atoms with Crippen LogP contribution < -0.4 is 10.1 Å². The Morgan fingerprint density at radius 2 is 2.10 bits per heavy atom. The van der Waals surface area contributed by atoms with E-state index in [1.165, 1.54) is 12.3 Å². The Morgan fingerprint density at radius 3 is 2.79 bits per heavy atom. The van der Waals surface area contributed by atoms with Gasteiger partial charge in [-0.15, -0.1) is 0 Å². The van der Waals surface area contributed by atoms with E-state index in [9.17, 15) is 18.0 Å². The number of nitrogens with one attached hydrogen (secondary N) is 2. The predicted molar refractivity (Wildman–Crippen MR) is 101 cm³/mol. The molecule has 1 fully saturated rings. The van der Waals surface area contributed by atoms with Crippen LogP contribution in [-0.4, -0.2) is 28.7 Å². The van der Waals surface area contributed by atoms with Crippen molar-refractivity contribution in [3.8, 4) is 5.88 Å². The lowest BCUT2D eigenvalue weighted by molar-refractivity contribution is -0.154. The van der Waals surface area contributed by atoms with E-state index in [4.69, 9.17) is 0 Å². The Balaban J connectivity index is 1.33. The van der Waals surface area contributed by atoms with Gasteiger partial charge in [-0.3, -0.25) is 4.79 Å². The lowest BCUT2D eigenvalue weighted by atomic mass is 10.1. The molecule has 29 heavy (non-hydrogen) atoms. The first-order valence-electron chi connectivity index (χ1n) is 9.34. The molecule has 0 spiro atoms. The van der Waals surface area contributed by atoms with Gasteiger partial charge in [-0.1, -0.05) is 24.3 Å². The number of H-pyrrole nitrogens is 1. The number of rotatable bonds is 6. The molecule has 0 bridgehead atoms. The highest BCUT2D eigenvalue weighted by atomic mass is 19.4. The van der Waals surface area contributed by atoms with Gasteiger partial charge in [0, 0.05) is 35.3 Å². The summed E-state index contributed by atoms with van der Waals surface area (Å²) in [6.45, 7) is 0.425. The number of fused-ring (bicyclic) bond motifs is 1. The van der Waals surface area contributed by atoms with Crippen LogP contribution in [0.25, 0.3) is 10.9 Å². The van der Waals surface area contributed by atoms with Crippen molar-refractivity contribution < 1.29 is 22.7 Å². The third kappa shape index (κ3) is 4.52. The van der Waals surface area contributed by atoms with Crippen molar-refractivity contribution in [1.29, 1.82) is 0 Å². The van der Waals surface area contributed by atoms with Gasteiger partial charge in [-0.2, -0.15) is 13.2 Å². The Morgan fingerprint density at radius 1 is 1.31 bits per heavy atom. The van der Waals surface area contributed by atoms with Crippen molar-refractivity contribution >= 4 is 16.8 Å². The third-order valence-electron chi connectivity index (χ3n) is 5.08. The Labute approximate surface area is 165 Å². The second kappa shape index (κ2) is 7.42. The number of pyridine rings is 1. The first kappa shape index (κ1) is 19.3. The topological polar surface area (TPSA) is 67.0 Å². The maximum atomic E-state index is 12.6. The van der Waals surface area contributed by atoms with E-state index < -0.39 is 12.8 Å². The largest absolute Gasteiger partial charge is 0.468 e. The molecule has 0 saturated heterocycles. The molecule has 152 valence electrons. The van der Waals surface area contributed by atoms with E-state index in [1.54, 1.807) is 6.07 Å². The molecule has 3 aromatic rings. The molecule has 0 aliphatic heterocycles. The number of amides is 1. The highest BCUT2D eigenvalue weighted by Gasteiger charge is 2.45. The maximum absolute atomic E-state index is 12.6. The van der Waals surface area contributed by atoms with Crippen molar-refractivity contribution in [2.24, 2.45) is 5.92 Å². The van der Waals surface area contributed by atoms with Crippen molar-refractivity contribution in [3.05, 3.63) is 59.9 Å². The number of aromatic nitrogens is 2. The van der Waals surface area contributed by atoms with Gasteiger partial charge in [0.1, 0.15) is 0 Å². The van der Waals surface area contributed by atoms with Gasteiger partial charge in [0.2, 0.25) is 11.8 Å². The summed E-state index contributed by atoms with van der Waals surface area (Å²) in [5.41, 5.74) is 2.81. The van der Waals surface area contributed by atoms with E-state index in [0.29, 0.717) is 5.56 Å². The average Bonchev–Trinajstić information content (AvgIpc) is 3.38. The highest BCUT2D eigenvalue weighted by Crippen LogP contribution is 2.48. The van der Waals surface area contributed by atoms with E-state index in [-0.39, 0.29) is 29.7 Å². The van der Waals surface area contributed by atoms with Gasteiger partial charge in [-0.05, 0) is 36.4 Å². The van der Waals surface area contributed by atoms with Gasteiger partial charge >= 0.3 is 6.18 Å². The molecule has 4 rings (SSSR count). The fourth-order valence-corrected chi connectivity index (χ4v) is 3.42. The second-order valence-corrected chi connectivity index (χ2v) is 7.32. The first-order chi connectivity index (χ1) is 13.8. The maximum Gasteiger partial charge on any atom is 0.422 e. The second-order valence-electron chi connectivity index (χ2n) is 7.32. The van der Waals surface area contributed by atoms with Crippen LogP contribution in [0.15, 0.2) is 48.7 Å². The number of hydrogen-bond donors (Lipinski definition) is 2. The van der Waals surface area contributed by atoms with Crippen molar-refractivity contribution in [1.82, 2.24) is 15.3 Å². The zero-order chi connectivity index (χ0) is 20.6. The van der Waals surface area contributed by atoms with Gasteiger partial charge in [0.05, 0.1) is 6.04 Å². The minimum absolute atomic E-state index is 0.0430. The summed E-state index contributed by atoms with van der Waals surface area (Å²) in [7, 11) is 0. The van der Waals surface area contributed by atoms with Crippen molar-refractivity contribution in [3.63, 3.8) is 0 Å². The zero-order valence-corrected chi connectivity index (χ0v) is 15.7. The fraction of sp³-hybridized carbons (Fsp3) is 0.333. The third-order valence-corrected chi connectivity index (χ3v) is 5.08. The van der Waals surface area contributed by atoms with Gasteiger partial charge in [0.25, 0.3) is 0 Å². The predicted octanol–water partition coefficient (Wildman–Crippen LogP) is 4.48. The lowest BCUT2D eigenvalue weighted by Gasteiger charge is -2.15. The van der Waals surface area contributed by atoms with Crippen LogP contribution in [0.3, 0.4) is 0 Å². The number of nitrogens with zero attached hydrogens (tertiary/aromatic N) is 1. The molecule has 1 amide bonds. The lowest BCUT2D eigenvalue weighted by Crippen LogP contribution is -2.28. The smallest absolute Gasteiger partial charge is 0.422 e. The van der Waals surface area contributed by atoms with Gasteiger partial charge < -0.3 is 15.0 Å². The molecular formula is C21H20F3N3O2. The standard InChI is InChI=1S/C21H20F3N3O2/c1-12(14-6-7-19(25-10-14)29-11-21(22,23)24)26-20(28)16-9-15(16)18-8-13-4-2-3-5-17(13)27-18/h2-8,10,12,15-16,27H,9,11H2,1H3,(H,26,28)/t12-,15+,16+/m1/s1. The number of carbonyl (C=O) groups is 1. The summed E-state index contributed by atoms with van der Waals surface area (Å²) in [6, 6.07) is 12.7. The number of benzene rings is 1. The molecule has 2 N–H and O–H groups in total. The van der Waals surface area contributed by atoms with E-state index >= 15 is 0 Å². The summed E-state index contributed by atoms with van der Waals surface area (Å²) >= 11 is 0. The highest BCUT2D eigenvalue weighted by molar-refractivity contribution is 5.85. The number of alkyl halides is 3.